The molecule has 1 aliphatic carbocycles. The largest absolute Gasteiger partial charge is 0.487 e. The van der Waals surface area contributed by atoms with Crippen molar-refractivity contribution in [3.8, 4) is 5.75 Å². The Morgan fingerprint density at radius 3 is 2.72 bits per heavy atom. The van der Waals surface area contributed by atoms with E-state index in [1.807, 2.05) is 13.0 Å². The molecule has 1 spiro atoms. The van der Waals surface area contributed by atoms with Crippen LogP contribution in [0.5, 0.6) is 5.75 Å². The first-order chi connectivity index (χ1) is 13.9. The Bertz CT molecular complexity index is 985. The maximum absolute atomic E-state index is 12.6. The molecule has 1 atom stereocenters. The Balaban J connectivity index is 1.65. The van der Waals surface area contributed by atoms with E-state index in [1.165, 1.54) is 19.3 Å². The second-order valence-electron chi connectivity index (χ2n) is 8.62. The number of carbonyl (C=O) groups excluding carboxylic acids is 1. The molecule has 1 fully saturated rings. The third kappa shape index (κ3) is 4.04. The summed E-state index contributed by atoms with van der Waals surface area (Å²) in [5.41, 5.74) is 2.22. The highest BCUT2D eigenvalue weighted by atomic mass is 16.5. The molecule has 0 saturated heterocycles. The van der Waals surface area contributed by atoms with E-state index < -0.39 is 11.7 Å². The molecule has 1 amide bonds. The van der Waals surface area contributed by atoms with Gasteiger partial charge in [0, 0.05) is 18.0 Å². The van der Waals surface area contributed by atoms with Crippen LogP contribution in [0, 0.1) is 6.92 Å². The van der Waals surface area contributed by atoms with E-state index in [-0.39, 0.29) is 24.5 Å². The molecule has 4 rings (SSSR count). The molecular formula is C23H29NO5. The summed E-state index contributed by atoms with van der Waals surface area (Å²) in [6, 6.07) is 3.90. The highest BCUT2D eigenvalue weighted by molar-refractivity contribution is 5.86. The third-order valence-electron chi connectivity index (χ3n) is 6.34. The first-order valence-corrected chi connectivity index (χ1v) is 10.6. The SMILES string of the molecule is Cc1c(CC(=O)NCC(C)O)c(=O)oc2cc3c(cc12)CCC1(CCCCC1)O3. The molecule has 156 valence electrons. The number of aliphatic hydroxyl groups excluding tert-OH is 1. The Morgan fingerprint density at radius 1 is 1.24 bits per heavy atom. The van der Waals surface area contributed by atoms with Gasteiger partial charge in [-0.2, -0.15) is 0 Å². The minimum Gasteiger partial charge on any atom is -0.487 e. The molecule has 2 aliphatic rings. The molecule has 6 heteroatoms. The van der Waals surface area contributed by atoms with Gasteiger partial charge in [0.2, 0.25) is 5.91 Å². The van der Waals surface area contributed by atoms with E-state index in [0.29, 0.717) is 11.1 Å². The fourth-order valence-electron chi connectivity index (χ4n) is 4.64. The van der Waals surface area contributed by atoms with Crippen molar-refractivity contribution in [1.29, 1.82) is 0 Å². The van der Waals surface area contributed by atoms with Crippen molar-refractivity contribution >= 4 is 16.9 Å². The molecule has 2 N–H and O–H groups in total. The number of carbonyl (C=O) groups is 1. The van der Waals surface area contributed by atoms with E-state index in [1.54, 1.807) is 6.92 Å². The van der Waals surface area contributed by atoms with Crippen LogP contribution in [-0.4, -0.2) is 29.3 Å². The van der Waals surface area contributed by atoms with E-state index in [0.717, 1.165) is 47.9 Å². The average molecular weight is 399 g/mol. The number of benzene rings is 1. The minimum absolute atomic E-state index is 0.0594. The summed E-state index contributed by atoms with van der Waals surface area (Å²) < 4.78 is 12.0. The molecule has 2 aromatic rings. The van der Waals surface area contributed by atoms with Gasteiger partial charge < -0.3 is 19.6 Å². The summed E-state index contributed by atoms with van der Waals surface area (Å²) in [7, 11) is 0. The van der Waals surface area contributed by atoms with Crippen molar-refractivity contribution in [2.75, 3.05) is 6.54 Å². The number of nitrogens with one attached hydrogen (secondary N) is 1. The second-order valence-corrected chi connectivity index (χ2v) is 8.62. The molecule has 1 aromatic heterocycles. The molecule has 1 aromatic carbocycles. The fourth-order valence-corrected chi connectivity index (χ4v) is 4.64. The fraction of sp³-hybridized carbons (Fsp3) is 0.565. The number of fused-ring (bicyclic) bond motifs is 2. The van der Waals surface area contributed by atoms with Crippen molar-refractivity contribution in [3.63, 3.8) is 0 Å². The van der Waals surface area contributed by atoms with Crippen LogP contribution in [-0.2, 0) is 17.6 Å². The summed E-state index contributed by atoms with van der Waals surface area (Å²) in [5, 5.41) is 12.8. The average Bonchev–Trinajstić information content (AvgIpc) is 2.69. The van der Waals surface area contributed by atoms with Gasteiger partial charge >= 0.3 is 5.63 Å². The topological polar surface area (TPSA) is 88.8 Å². The highest BCUT2D eigenvalue weighted by Crippen LogP contribution is 2.43. The lowest BCUT2D eigenvalue weighted by atomic mass is 9.79. The van der Waals surface area contributed by atoms with Crippen LogP contribution in [0.3, 0.4) is 0 Å². The number of aliphatic hydroxyl groups is 1. The first-order valence-electron chi connectivity index (χ1n) is 10.6. The number of rotatable bonds is 4. The molecule has 1 saturated carbocycles. The van der Waals surface area contributed by atoms with Crippen molar-refractivity contribution in [3.05, 3.63) is 39.2 Å². The standard InChI is InChI=1S/C23H29NO5/c1-14(25)13-24-21(26)11-18-15(2)17-10-16-6-9-23(7-4-3-5-8-23)29-19(16)12-20(17)28-22(18)27/h10,12,14,25H,3-9,11,13H2,1-2H3,(H,24,26). The minimum atomic E-state index is -0.632. The van der Waals surface area contributed by atoms with E-state index in [9.17, 15) is 14.7 Å². The lowest BCUT2D eigenvalue weighted by Crippen LogP contribution is -2.41. The summed E-state index contributed by atoms with van der Waals surface area (Å²) in [6.45, 7) is 3.61. The van der Waals surface area contributed by atoms with Crippen LogP contribution in [0.1, 0.15) is 62.1 Å². The van der Waals surface area contributed by atoms with Gasteiger partial charge in [0.1, 0.15) is 16.9 Å². The predicted molar refractivity (Wildman–Crippen MR) is 110 cm³/mol. The Hall–Kier alpha value is -2.34. The summed E-state index contributed by atoms with van der Waals surface area (Å²) in [5.74, 6) is 0.525. The number of amides is 1. The third-order valence-corrected chi connectivity index (χ3v) is 6.34. The Labute approximate surface area is 170 Å². The summed E-state index contributed by atoms with van der Waals surface area (Å²) >= 11 is 0. The molecular weight excluding hydrogens is 370 g/mol. The maximum Gasteiger partial charge on any atom is 0.340 e. The summed E-state index contributed by atoms with van der Waals surface area (Å²) in [4.78, 5) is 24.7. The van der Waals surface area contributed by atoms with Gasteiger partial charge in [0.25, 0.3) is 0 Å². The maximum atomic E-state index is 12.6. The smallest absolute Gasteiger partial charge is 0.340 e. The quantitative estimate of drug-likeness (QED) is 0.771. The van der Waals surface area contributed by atoms with Gasteiger partial charge in [-0.3, -0.25) is 4.79 Å². The normalized spacial score (nSPS) is 18.9. The zero-order chi connectivity index (χ0) is 20.6. The zero-order valence-electron chi connectivity index (χ0n) is 17.2. The summed E-state index contributed by atoms with van der Waals surface area (Å²) in [6.07, 6.45) is 7.15. The zero-order valence-corrected chi connectivity index (χ0v) is 17.2. The number of hydrogen-bond acceptors (Lipinski definition) is 5. The molecule has 1 aliphatic heterocycles. The second kappa shape index (κ2) is 7.82. The van der Waals surface area contributed by atoms with Gasteiger partial charge in [-0.05, 0) is 69.6 Å². The van der Waals surface area contributed by atoms with E-state index in [2.05, 4.69) is 11.4 Å². The van der Waals surface area contributed by atoms with Gasteiger partial charge in [0.15, 0.2) is 0 Å². The van der Waals surface area contributed by atoms with Crippen LogP contribution >= 0.6 is 0 Å². The Morgan fingerprint density at radius 2 is 2.00 bits per heavy atom. The number of hydrogen-bond donors (Lipinski definition) is 2. The monoisotopic (exact) mass is 399 g/mol. The Kier molecular flexibility index (Phi) is 5.38. The van der Waals surface area contributed by atoms with Gasteiger partial charge in [-0.1, -0.05) is 6.42 Å². The molecule has 6 nitrogen and oxygen atoms in total. The van der Waals surface area contributed by atoms with Crippen LogP contribution in [0.4, 0.5) is 0 Å². The molecule has 1 unspecified atom stereocenters. The first kappa shape index (κ1) is 20.0. The van der Waals surface area contributed by atoms with Crippen LogP contribution in [0.15, 0.2) is 21.3 Å². The van der Waals surface area contributed by atoms with Gasteiger partial charge in [0.05, 0.1) is 18.1 Å². The van der Waals surface area contributed by atoms with Crippen LogP contribution in [0.25, 0.3) is 11.0 Å². The number of aryl methyl sites for hydroxylation is 2. The highest BCUT2D eigenvalue weighted by Gasteiger charge is 2.37. The van der Waals surface area contributed by atoms with Crippen LogP contribution < -0.4 is 15.7 Å². The lowest BCUT2D eigenvalue weighted by Gasteiger charge is -2.41. The predicted octanol–water partition coefficient (Wildman–Crippen LogP) is 3.17. The van der Waals surface area contributed by atoms with Gasteiger partial charge in [-0.25, -0.2) is 4.79 Å². The van der Waals surface area contributed by atoms with Crippen LogP contribution in [0.2, 0.25) is 0 Å². The lowest BCUT2D eigenvalue weighted by molar-refractivity contribution is -0.120. The van der Waals surface area contributed by atoms with Crippen molar-refractivity contribution in [1.82, 2.24) is 5.32 Å². The molecule has 2 heterocycles. The number of ether oxygens (including phenoxy) is 1. The van der Waals surface area contributed by atoms with Gasteiger partial charge in [-0.15, -0.1) is 0 Å². The molecule has 29 heavy (non-hydrogen) atoms. The van der Waals surface area contributed by atoms with Crippen molar-refractivity contribution in [2.24, 2.45) is 0 Å². The van der Waals surface area contributed by atoms with Crippen molar-refractivity contribution in [2.45, 2.75) is 76.9 Å². The van der Waals surface area contributed by atoms with E-state index in [4.69, 9.17) is 9.15 Å². The van der Waals surface area contributed by atoms with E-state index >= 15 is 0 Å². The molecule has 0 bridgehead atoms. The van der Waals surface area contributed by atoms with Crippen molar-refractivity contribution < 1.29 is 19.1 Å². The molecule has 0 radical (unpaired) electrons.